The molecule has 0 heterocycles. The lowest BCUT2D eigenvalue weighted by Gasteiger charge is -2.20. The summed E-state index contributed by atoms with van der Waals surface area (Å²) in [6.45, 7) is 0.730. The van der Waals surface area contributed by atoms with E-state index in [4.69, 9.17) is 9.47 Å². The Kier molecular flexibility index (Phi) is 5.02. The van der Waals surface area contributed by atoms with Crippen LogP contribution in [-0.2, 0) is 4.74 Å². The van der Waals surface area contributed by atoms with E-state index in [1.165, 1.54) is 31.2 Å². The monoisotopic (exact) mass is 249 g/mol. The molecule has 0 aromatic heterocycles. The van der Waals surface area contributed by atoms with Crippen molar-refractivity contribution in [2.75, 3.05) is 20.8 Å². The number of rotatable bonds is 6. The number of benzene rings is 1. The molecule has 100 valence electrons. The Morgan fingerprint density at radius 1 is 1.33 bits per heavy atom. The average molecular weight is 249 g/mol. The summed E-state index contributed by atoms with van der Waals surface area (Å²) in [4.78, 5) is 0. The van der Waals surface area contributed by atoms with E-state index in [0.29, 0.717) is 6.10 Å². The van der Waals surface area contributed by atoms with Crippen molar-refractivity contribution >= 4 is 0 Å². The van der Waals surface area contributed by atoms with Crippen LogP contribution in [0.1, 0.15) is 37.3 Å². The molecule has 1 saturated carbocycles. The molecule has 0 amide bonds. The number of nitrogens with one attached hydrogen (secondary N) is 1. The van der Waals surface area contributed by atoms with Crippen LogP contribution >= 0.6 is 0 Å². The molecule has 1 fully saturated rings. The zero-order valence-electron chi connectivity index (χ0n) is 11.3. The molecular formula is C15H23NO2. The third-order valence-corrected chi connectivity index (χ3v) is 3.65. The third kappa shape index (κ3) is 3.47. The lowest BCUT2D eigenvalue weighted by molar-refractivity contribution is 0.0438. The van der Waals surface area contributed by atoms with Crippen molar-refractivity contribution in [1.82, 2.24) is 5.32 Å². The molecule has 0 spiro atoms. The summed E-state index contributed by atoms with van der Waals surface area (Å²) in [7, 11) is 3.67. The molecule has 0 bridgehead atoms. The summed E-state index contributed by atoms with van der Waals surface area (Å²) in [5.74, 6) is 0.897. The highest BCUT2D eigenvalue weighted by Crippen LogP contribution is 2.24. The number of hydrogen-bond acceptors (Lipinski definition) is 3. The summed E-state index contributed by atoms with van der Waals surface area (Å²) in [5.41, 5.74) is 1.22. The molecule has 0 radical (unpaired) electrons. The van der Waals surface area contributed by atoms with Gasteiger partial charge in [0.25, 0.3) is 0 Å². The molecule has 1 aromatic rings. The molecule has 0 aliphatic heterocycles. The van der Waals surface area contributed by atoms with Gasteiger partial charge in [-0.15, -0.1) is 0 Å². The van der Waals surface area contributed by atoms with Gasteiger partial charge in [0.2, 0.25) is 0 Å². The maximum absolute atomic E-state index is 5.98. The van der Waals surface area contributed by atoms with Crippen LogP contribution in [0.3, 0.4) is 0 Å². The first kappa shape index (κ1) is 13.4. The van der Waals surface area contributed by atoms with Gasteiger partial charge in [-0.3, -0.25) is 0 Å². The van der Waals surface area contributed by atoms with Gasteiger partial charge in [0, 0.05) is 0 Å². The minimum absolute atomic E-state index is 0.237. The fraction of sp³-hybridized carbons (Fsp3) is 0.600. The predicted octanol–water partition coefficient (Wildman–Crippen LogP) is 2.91. The standard InChI is InChI=1S/C15H23NO2/c1-16-15(11-18-13-7-3-4-8-13)12-6-5-9-14(10-12)17-2/h5-6,9-10,13,15-16H,3-4,7-8,11H2,1-2H3. The van der Waals surface area contributed by atoms with Crippen LogP contribution in [0, 0.1) is 0 Å². The van der Waals surface area contributed by atoms with Gasteiger partial charge in [0.15, 0.2) is 0 Å². The topological polar surface area (TPSA) is 30.5 Å². The van der Waals surface area contributed by atoms with Crippen LogP contribution in [0.4, 0.5) is 0 Å². The van der Waals surface area contributed by atoms with Gasteiger partial charge in [-0.1, -0.05) is 25.0 Å². The Hall–Kier alpha value is -1.06. The third-order valence-electron chi connectivity index (χ3n) is 3.65. The van der Waals surface area contributed by atoms with Crippen molar-refractivity contribution in [3.05, 3.63) is 29.8 Å². The Balaban J connectivity index is 1.93. The quantitative estimate of drug-likeness (QED) is 0.841. The van der Waals surface area contributed by atoms with E-state index in [9.17, 15) is 0 Å². The normalized spacial score (nSPS) is 17.9. The van der Waals surface area contributed by atoms with Crippen LogP contribution in [0.15, 0.2) is 24.3 Å². The van der Waals surface area contributed by atoms with Crippen molar-refractivity contribution in [1.29, 1.82) is 0 Å². The van der Waals surface area contributed by atoms with E-state index in [1.54, 1.807) is 7.11 Å². The lowest BCUT2D eigenvalue weighted by atomic mass is 10.1. The second-order valence-corrected chi connectivity index (χ2v) is 4.86. The summed E-state index contributed by atoms with van der Waals surface area (Å²) in [6, 6.07) is 8.41. The first-order valence-electron chi connectivity index (χ1n) is 6.76. The number of ether oxygens (including phenoxy) is 2. The van der Waals surface area contributed by atoms with Crippen LogP contribution in [0.25, 0.3) is 0 Å². The van der Waals surface area contributed by atoms with E-state index in [0.717, 1.165) is 12.4 Å². The SMILES string of the molecule is CNC(COC1CCCC1)c1cccc(OC)c1. The van der Waals surface area contributed by atoms with E-state index in [1.807, 2.05) is 19.2 Å². The molecule has 1 aromatic carbocycles. The van der Waals surface area contributed by atoms with E-state index in [-0.39, 0.29) is 6.04 Å². The molecular weight excluding hydrogens is 226 g/mol. The summed E-state index contributed by atoms with van der Waals surface area (Å²) in [6.07, 6.45) is 5.53. The molecule has 2 rings (SSSR count). The van der Waals surface area contributed by atoms with Crippen molar-refractivity contribution in [3.8, 4) is 5.75 Å². The van der Waals surface area contributed by atoms with E-state index in [2.05, 4.69) is 17.4 Å². The zero-order chi connectivity index (χ0) is 12.8. The summed E-state index contributed by atoms with van der Waals surface area (Å²) < 4.78 is 11.2. The summed E-state index contributed by atoms with van der Waals surface area (Å²) >= 11 is 0. The maximum Gasteiger partial charge on any atom is 0.119 e. The van der Waals surface area contributed by atoms with E-state index >= 15 is 0 Å². The minimum atomic E-state index is 0.237. The van der Waals surface area contributed by atoms with Crippen molar-refractivity contribution in [2.45, 2.75) is 37.8 Å². The van der Waals surface area contributed by atoms with Crippen LogP contribution in [0.5, 0.6) is 5.75 Å². The highest BCUT2D eigenvalue weighted by atomic mass is 16.5. The fourth-order valence-electron chi connectivity index (χ4n) is 2.49. The Bertz CT molecular complexity index is 361. The van der Waals surface area contributed by atoms with Crippen molar-refractivity contribution < 1.29 is 9.47 Å². The van der Waals surface area contributed by atoms with E-state index < -0.39 is 0 Å². The van der Waals surface area contributed by atoms with Crippen LogP contribution in [0.2, 0.25) is 0 Å². The van der Waals surface area contributed by atoms with Crippen molar-refractivity contribution in [2.24, 2.45) is 0 Å². The van der Waals surface area contributed by atoms with Gasteiger partial charge in [-0.2, -0.15) is 0 Å². The summed E-state index contributed by atoms with van der Waals surface area (Å²) in [5, 5.41) is 3.31. The second-order valence-electron chi connectivity index (χ2n) is 4.86. The highest BCUT2D eigenvalue weighted by molar-refractivity contribution is 5.30. The van der Waals surface area contributed by atoms with Gasteiger partial charge in [0.05, 0.1) is 25.9 Å². The average Bonchev–Trinajstić information content (AvgIpc) is 2.93. The van der Waals surface area contributed by atoms with Crippen LogP contribution < -0.4 is 10.1 Å². The Morgan fingerprint density at radius 3 is 2.78 bits per heavy atom. The maximum atomic E-state index is 5.98. The largest absolute Gasteiger partial charge is 0.497 e. The highest BCUT2D eigenvalue weighted by Gasteiger charge is 2.18. The molecule has 1 aliphatic carbocycles. The Morgan fingerprint density at radius 2 is 2.11 bits per heavy atom. The lowest BCUT2D eigenvalue weighted by Crippen LogP contribution is -2.24. The van der Waals surface area contributed by atoms with Gasteiger partial charge in [0.1, 0.15) is 5.75 Å². The molecule has 18 heavy (non-hydrogen) atoms. The number of hydrogen-bond donors (Lipinski definition) is 1. The van der Waals surface area contributed by atoms with Gasteiger partial charge in [-0.25, -0.2) is 0 Å². The first-order chi connectivity index (χ1) is 8.83. The molecule has 0 saturated heterocycles. The number of likely N-dealkylation sites (N-methyl/N-ethyl adjacent to an activating group) is 1. The Labute approximate surface area is 109 Å². The number of methoxy groups -OCH3 is 1. The smallest absolute Gasteiger partial charge is 0.119 e. The molecule has 1 aliphatic rings. The minimum Gasteiger partial charge on any atom is -0.497 e. The molecule has 3 heteroatoms. The molecule has 1 N–H and O–H groups in total. The molecule has 3 nitrogen and oxygen atoms in total. The molecule has 1 unspecified atom stereocenters. The van der Waals surface area contributed by atoms with Gasteiger partial charge in [-0.05, 0) is 37.6 Å². The van der Waals surface area contributed by atoms with Gasteiger partial charge < -0.3 is 14.8 Å². The fourth-order valence-corrected chi connectivity index (χ4v) is 2.49. The second kappa shape index (κ2) is 6.76. The van der Waals surface area contributed by atoms with Gasteiger partial charge >= 0.3 is 0 Å². The van der Waals surface area contributed by atoms with Crippen molar-refractivity contribution in [3.63, 3.8) is 0 Å². The first-order valence-corrected chi connectivity index (χ1v) is 6.76. The molecule has 1 atom stereocenters. The van der Waals surface area contributed by atoms with Crippen LogP contribution in [-0.4, -0.2) is 26.9 Å². The zero-order valence-corrected chi connectivity index (χ0v) is 11.3. The predicted molar refractivity (Wildman–Crippen MR) is 73.0 cm³/mol.